The number of anilines is 1. The van der Waals surface area contributed by atoms with Crippen molar-refractivity contribution >= 4 is 23.4 Å². The normalized spacial score (nSPS) is 18.5. The number of fused-ring (bicyclic) bond motifs is 1. The van der Waals surface area contributed by atoms with E-state index in [0.717, 1.165) is 17.8 Å². The SMILES string of the molecule is CC(C)(C)OC(=O)N1CC(N2NCc3cnc(Cl)cc32)C1. The number of aromatic nitrogens is 1. The molecule has 3 heterocycles. The number of hydrazine groups is 1. The lowest BCUT2D eigenvalue weighted by Crippen LogP contribution is -2.63. The highest BCUT2D eigenvalue weighted by molar-refractivity contribution is 6.29. The van der Waals surface area contributed by atoms with Crippen LogP contribution < -0.4 is 10.4 Å². The maximum Gasteiger partial charge on any atom is 0.410 e. The molecule has 2 aliphatic rings. The summed E-state index contributed by atoms with van der Waals surface area (Å²) >= 11 is 5.96. The first-order chi connectivity index (χ1) is 9.83. The topological polar surface area (TPSA) is 57.7 Å². The zero-order chi connectivity index (χ0) is 15.2. The average molecular weight is 311 g/mol. The fourth-order valence-electron chi connectivity index (χ4n) is 2.48. The fraction of sp³-hybridized carbons (Fsp3) is 0.571. The molecule has 0 unspecified atom stereocenters. The highest BCUT2D eigenvalue weighted by atomic mass is 35.5. The van der Waals surface area contributed by atoms with E-state index in [0.29, 0.717) is 18.2 Å². The Hall–Kier alpha value is -1.53. The van der Waals surface area contributed by atoms with Gasteiger partial charge in [-0.3, -0.25) is 0 Å². The van der Waals surface area contributed by atoms with Crippen LogP contribution in [0, 0.1) is 0 Å². The second-order valence-electron chi connectivity index (χ2n) is 6.38. The third kappa shape index (κ3) is 2.91. The minimum atomic E-state index is -0.458. The molecule has 0 radical (unpaired) electrons. The molecule has 7 heteroatoms. The number of carbonyl (C=O) groups excluding carboxylic acids is 1. The van der Waals surface area contributed by atoms with Gasteiger partial charge in [-0.15, -0.1) is 0 Å². The van der Waals surface area contributed by atoms with E-state index in [2.05, 4.69) is 15.4 Å². The predicted octanol–water partition coefficient (Wildman–Crippen LogP) is 2.18. The Balaban J connectivity index is 1.61. The summed E-state index contributed by atoms with van der Waals surface area (Å²) < 4.78 is 5.36. The van der Waals surface area contributed by atoms with Crippen molar-refractivity contribution in [2.45, 2.75) is 39.0 Å². The van der Waals surface area contributed by atoms with Gasteiger partial charge in [0.05, 0.1) is 11.7 Å². The molecule has 1 fully saturated rings. The third-order valence-corrected chi connectivity index (χ3v) is 3.71. The van der Waals surface area contributed by atoms with Gasteiger partial charge in [0.25, 0.3) is 0 Å². The van der Waals surface area contributed by atoms with E-state index >= 15 is 0 Å². The number of nitrogens with zero attached hydrogens (tertiary/aromatic N) is 3. The summed E-state index contributed by atoms with van der Waals surface area (Å²) in [7, 11) is 0. The molecule has 0 saturated carbocycles. The molecule has 0 bridgehead atoms. The predicted molar refractivity (Wildman–Crippen MR) is 80.2 cm³/mol. The number of hydrogen-bond donors (Lipinski definition) is 1. The Morgan fingerprint density at radius 1 is 1.48 bits per heavy atom. The van der Waals surface area contributed by atoms with Gasteiger partial charge < -0.3 is 14.6 Å². The summed E-state index contributed by atoms with van der Waals surface area (Å²) in [4.78, 5) is 17.7. The molecule has 1 saturated heterocycles. The molecule has 1 aromatic heterocycles. The Bertz CT molecular complexity index is 567. The third-order valence-electron chi connectivity index (χ3n) is 3.51. The Morgan fingerprint density at radius 3 is 2.86 bits per heavy atom. The van der Waals surface area contributed by atoms with E-state index in [4.69, 9.17) is 16.3 Å². The number of amides is 1. The van der Waals surface area contributed by atoms with Gasteiger partial charge in [0.2, 0.25) is 0 Å². The fourth-order valence-corrected chi connectivity index (χ4v) is 2.64. The number of carbonyl (C=O) groups is 1. The standard InChI is InChI=1S/C14H19ClN4O2/c1-14(2,3)21-13(20)18-7-10(8-18)19-11-4-12(15)16-5-9(11)6-17-19/h4-5,10,17H,6-8H2,1-3H3. The maximum absolute atomic E-state index is 11.9. The van der Waals surface area contributed by atoms with Crippen molar-refractivity contribution in [1.29, 1.82) is 0 Å². The molecule has 1 amide bonds. The molecule has 0 aromatic carbocycles. The van der Waals surface area contributed by atoms with Crippen LogP contribution in [0.1, 0.15) is 26.3 Å². The largest absolute Gasteiger partial charge is 0.444 e. The van der Waals surface area contributed by atoms with Gasteiger partial charge in [-0.1, -0.05) is 11.6 Å². The van der Waals surface area contributed by atoms with E-state index in [1.54, 1.807) is 11.1 Å². The molecule has 2 aliphatic heterocycles. The van der Waals surface area contributed by atoms with Crippen LogP contribution in [0.4, 0.5) is 10.5 Å². The van der Waals surface area contributed by atoms with Crippen LogP contribution >= 0.6 is 11.6 Å². The number of rotatable bonds is 1. The summed E-state index contributed by atoms with van der Waals surface area (Å²) in [6, 6.07) is 2.09. The van der Waals surface area contributed by atoms with E-state index in [1.807, 2.05) is 26.8 Å². The van der Waals surface area contributed by atoms with E-state index in [-0.39, 0.29) is 12.1 Å². The molecule has 21 heavy (non-hydrogen) atoms. The van der Waals surface area contributed by atoms with Crippen LogP contribution in [0.25, 0.3) is 0 Å². The lowest BCUT2D eigenvalue weighted by Gasteiger charge is -2.44. The summed E-state index contributed by atoms with van der Waals surface area (Å²) in [6.45, 7) is 7.63. The molecule has 6 nitrogen and oxygen atoms in total. The quantitative estimate of drug-likeness (QED) is 0.806. The van der Waals surface area contributed by atoms with Gasteiger partial charge >= 0.3 is 6.09 Å². The molecule has 1 aromatic rings. The molecule has 114 valence electrons. The Morgan fingerprint density at radius 2 is 2.19 bits per heavy atom. The zero-order valence-corrected chi connectivity index (χ0v) is 13.1. The number of nitrogens with one attached hydrogen (secondary N) is 1. The molecular weight excluding hydrogens is 292 g/mol. The van der Waals surface area contributed by atoms with Gasteiger partial charge in [-0.2, -0.15) is 0 Å². The molecule has 3 rings (SSSR count). The second-order valence-corrected chi connectivity index (χ2v) is 6.77. The zero-order valence-electron chi connectivity index (χ0n) is 12.4. The summed E-state index contributed by atoms with van der Waals surface area (Å²) in [5.41, 5.74) is 5.02. The van der Waals surface area contributed by atoms with Crippen LogP contribution in [0.3, 0.4) is 0 Å². The van der Waals surface area contributed by atoms with Crippen molar-refractivity contribution in [3.8, 4) is 0 Å². The number of hydrogen-bond acceptors (Lipinski definition) is 5. The number of likely N-dealkylation sites (tertiary alicyclic amines) is 1. The summed E-state index contributed by atoms with van der Waals surface area (Å²) in [5.74, 6) is 0. The molecule has 0 atom stereocenters. The highest BCUT2D eigenvalue weighted by Gasteiger charge is 2.39. The average Bonchev–Trinajstić information content (AvgIpc) is 2.68. The van der Waals surface area contributed by atoms with Crippen molar-refractivity contribution in [2.75, 3.05) is 18.1 Å². The summed E-state index contributed by atoms with van der Waals surface area (Å²) in [6.07, 6.45) is 1.53. The molecule has 0 spiro atoms. The van der Waals surface area contributed by atoms with Gasteiger partial charge in [0, 0.05) is 37.5 Å². The Labute approximate surface area is 129 Å². The molecule has 0 aliphatic carbocycles. The first-order valence-electron chi connectivity index (χ1n) is 6.98. The smallest absolute Gasteiger partial charge is 0.410 e. The van der Waals surface area contributed by atoms with E-state index < -0.39 is 5.60 Å². The number of pyridine rings is 1. The van der Waals surface area contributed by atoms with Gasteiger partial charge in [-0.25, -0.2) is 15.2 Å². The molecule has 1 N–H and O–H groups in total. The van der Waals surface area contributed by atoms with Crippen molar-refractivity contribution in [3.05, 3.63) is 23.0 Å². The first kappa shape index (κ1) is 14.4. The summed E-state index contributed by atoms with van der Waals surface area (Å²) in [5, 5.41) is 2.55. The minimum absolute atomic E-state index is 0.234. The monoisotopic (exact) mass is 310 g/mol. The second kappa shape index (κ2) is 5.03. The number of halogens is 1. The maximum atomic E-state index is 11.9. The molecular formula is C14H19ClN4O2. The van der Waals surface area contributed by atoms with Gasteiger partial charge in [0.1, 0.15) is 10.8 Å². The highest BCUT2D eigenvalue weighted by Crippen LogP contribution is 2.31. The van der Waals surface area contributed by atoms with Crippen molar-refractivity contribution in [1.82, 2.24) is 15.3 Å². The van der Waals surface area contributed by atoms with Crippen LogP contribution in [0.2, 0.25) is 5.15 Å². The minimum Gasteiger partial charge on any atom is -0.444 e. The van der Waals surface area contributed by atoms with Crippen molar-refractivity contribution in [3.63, 3.8) is 0 Å². The number of ether oxygens (including phenoxy) is 1. The van der Waals surface area contributed by atoms with Crippen molar-refractivity contribution in [2.24, 2.45) is 0 Å². The lowest BCUT2D eigenvalue weighted by molar-refractivity contribution is 0.00747. The van der Waals surface area contributed by atoms with Gasteiger partial charge in [0.15, 0.2) is 0 Å². The Kier molecular flexibility index (Phi) is 3.45. The lowest BCUT2D eigenvalue weighted by atomic mass is 10.1. The van der Waals surface area contributed by atoms with Crippen LogP contribution in [-0.2, 0) is 11.3 Å². The first-order valence-corrected chi connectivity index (χ1v) is 7.36. The van der Waals surface area contributed by atoms with Crippen molar-refractivity contribution < 1.29 is 9.53 Å². The van der Waals surface area contributed by atoms with Crippen LogP contribution in [-0.4, -0.2) is 40.7 Å². The van der Waals surface area contributed by atoms with Gasteiger partial charge in [-0.05, 0) is 20.8 Å². The van der Waals surface area contributed by atoms with Crippen LogP contribution in [0.5, 0.6) is 0 Å². The van der Waals surface area contributed by atoms with E-state index in [1.165, 1.54) is 0 Å². The van der Waals surface area contributed by atoms with Crippen LogP contribution in [0.15, 0.2) is 12.3 Å². The van der Waals surface area contributed by atoms with E-state index in [9.17, 15) is 4.79 Å².